The minimum Gasteiger partial charge on any atom is -0.507 e. The van der Waals surface area contributed by atoms with E-state index in [0.717, 1.165) is 53.2 Å². The second-order valence-corrected chi connectivity index (χ2v) is 20.4. The van der Waals surface area contributed by atoms with Crippen molar-refractivity contribution in [3.8, 4) is 5.75 Å². The van der Waals surface area contributed by atoms with Gasteiger partial charge in [-0.3, -0.25) is 4.79 Å². The molecule has 0 aliphatic heterocycles. The van der Waals surface area contributed by atoms with E-state index in [1.54, 1.807) is 0 Å². The Labute approximate surface area is 353 Å². The topological polar surface area (TPSA) is 55.8 Å². The zero-order valence-electron chi connectivity index (χ0n) is 38.9. The smallest absolute Gasteiger partial charge is 0.310 e. The number of benzene rings is 1. The number of unbranched alkanes of at least 4 members (excludes halogenated alkanes) is 24. The van der Waals surface area contributed by atoms with Crippen LogP contribution in [0.2, 0.25) is 0 Å². The first-order chi connectivity index (χ1) is 26.8. The fourth-order valence-corrected chi connectivity index (χ4v) is 9.47. The predicted molar refractivity (Wildman–Crippen MR) is 248 cm³/mol. The highest BCUT2D eigenvalue weighted by molar-refractivity contribution is 7.99. The number of hydrogen-bond acceptors (Lipinski definition) is 5. The summed E-state index contributed by atoms with van der Waals surface area (Å²) in [6.45, 7) is 20.9. The molecule has 0 spiro atoms. The number of phenolic OH excluding ortho intramolecular Hbond substituents is 1. The van der Waals surface area contributed by atoms with E-state index in [2.05, 4.69) is 54.5 Å². The van der Waals surface area contributed by atoms with Gasteiger partial charge in [-0.15, -0.1) is 0 Å². The lowest BCUT2D eigenvalue weighted by molar-refractivity contribution is -0.149. The number of carbonyl (C=O) groups excluding carboxylic acids is 1. The van der Waals surface area contributed by atoms with Crippen LogP contribution < -0.4 is 0 Å². The number of esters is 1. The van der Waals surface area contributed by atoms with Gasteiger partial charge in [0.05, 0.1) is 13.0 Å². The van der Waals surface area contributed by atoms with Crippen molar-refractivity contribution < 1.29 is 19.4 Å². The van der Waals surface area contributed by atoms with E-state index in [1.807, 2.05) is 25.6 Å². The summed E-state index contributed by atoms with van der Waals surface area (Å²) in [5, 5.41) is 11.2. The first-order valence-electron chi connectivity index (χ1n) is 24.0. The molecule has 1 rings (SSSR count). The van der Waals surface area contributed by atoms with Crippen LogP contribution >= 0.6 is 11.8 Å². The zero-order valence-corrected chi connectivity index (χ0v) is 39.7. The van der Waals surface area contributed by atoms with Gasteiger partial charge in [0.1, 0.15) is 11.9 Å². The molecule has 328 valence electrons. The number of hydrogen-bond donors (Lipinski definition) is 1. The van der Waals surface area contributed by atoms with E-state index in [0.29, 0.717) is 12.4 Å². The van der Waals surface area contributed by atoms with Gasteiger partial charge in [0, 0.05) is 17.9 Å². The van der Waals surface area contributed by atoms with E-state index in [-0.39, 0.29) is 29.3 Å². The zero-order chi connectivity index (χ0) is 41.5. The van der Waals surface area contributed by atoms with Crippen molar-refractivity contribution in [3.05, 3.63) is 28.3 Å². The molecule has 0 saturated heterocycles. The maximum absolute atomic E-state index is 13.5. The Kier molecular flexibility index (Phi) is 30.8. The average Bonchev–Trinajstić information content (AvgIpc) is 3.13. The van der Waals surface area contributed by atoms with Gasteiger partial charge < -0.3 is 14.6 Å². The van der Waals surface area contributed by atoms with E-state index in [9.17, 15) is 9.90 Å². The van der Waals surface area contributed by atoms with Gasteiger partial charge in [0.2, 0.25) is 0 Å². The maximum Gasteiger partial charge on any atom is 0.310 e. The quantitative estimate of drug-likeness (QED) is 0.0536. The summed E-state index contributed by atoms with van der Waals surface area (Å²) in [6, 6.07) is 2.06. The van der Waals surface area contributed by atoms with Gasteiger partial charge in [-0.2, -0.15) is 11.8 Å². The van der Waals surface area contributed by atoms with Crippen LogP contribution in [0.1, 0.15) is 244 Å². The summed E-state index contributed by atoms with van der Waals surface area (Å²) in [6.07, 6.45) is 36.2. The fourth-order valence-electron chi connectivity index (χ4n) is 8.46. The Bertz CT molecular complexity index is 1110. The van der Waals surface area contributed by atoms with E-state index >= 15 is 0 Å². The number of thioether (sulfide) groups is 1. The number of phenols is 1. The van der Waals surface area contributed by atoms with Crippen LogP contribution in [0, 0.1) is 19.3 Å². The Morgan fingerprint density at radius 3 is 1.52 bits per heavy atom. The molecule has 1 atom stereocenters. The van der Waals surface area contributed by atoms with E-state index in [1.165, 1.54) is 161 Å². The van der Waals surface area contributed by atoms with Gasteiger partial charge in [0.15, 0.2) is 0 Å². The molecule has 1 aromatic carbocycles. The highest BCUT2D eigenvalue weighted by Crippen LogP contribution is 2.42. The normalized spacial score (nSPS) is 12.7. The molecule has 0 aliphatic rings. The van der Waals surface area contributed by atoms with Gasteiger partial charge in [0.25, 0.3) is 0 Å². The minimum absolute atomic E-state index is 0.110. The standard InChI is InChI=1S/C51H94O4S/c1-10-12-14-16-18-20-22-23-24-25-26-27-29-31-33-35-37-56-41-46(40-54-36-34-32-30-28-21-19-17-15-13-11-2)55-48(52)39-45-38-47(49(53)44(4)43(45)3)51(8,9)42-50(5,6)7/h38,46,53H,10-37,39-42H2,1-9H3. The van der Waals surface area contributed by atoms with Gasteiger partial charge in [-0.1, -0.05) is 209 Å². The molecule has 4 nitrogen and oxygen atoms in total. The molecule has 0 aliphatic carbocycles. The average molecular weight is 803 g/mol. The molecule has 0 fully saturated rings. The summed E-state index contributed by atoms with van der Waals surface area (Å²) in [5.41, 5.74) is 3.59. The Balaban J connectivity index is 2.54. The van der Waals surface area contributed by atoms with Crippen LogP contribution in [0.5, 0.6) is 5.75 Å². The lowest BCUT2D eigenvalue weighted by atomic mass is 9.71. The molecule has 0 amide bonds. The molecule has 0 heterocycles. The molecule has 0 radical (unpaired) electrons. The Morgan fingerprint density at radius 2 is 1.07 bits per heavy atom. The van der Waals surface area contributed by atoms with Gasteiger partial charge in [-0.25, -0.2) is 0 Å². The predicted octanol–water partition coefficient (Wildman–Crippen LogP) is 16.1. The van der Waals surface area contributed by atoms with Crippen molar-refractivity contribution in [1.29, 1.82) is 0 Å². The van der Waals surface area contributed by atoms with Crippen molar-refractivity contribution in [3.63, 3.8) is 0 Å². The first kappa shape index (κ1) is 52.8. The van der Waals surface area contributed by atoms with Crippen LogP contribution in [0.3, 0.4) is 0 Å². The largest absolute Gasteiger partial charge is 0.507 e. The molecule has 1 aromatic rings. The van der Waals surface area contributed by atoms with Crippen molar-refractivity contribution in [2.45, 2.75) is 254 Å². The monoisotopic (exact) mass is 803 g/mol. The highest BCUT2D eigenvalue weighted by atomic mass is 32.2. The molecule has 0 bridgehead atoms. The third-order valence-corrected chi connectivity index (χ3v) is 12.9. The lowest BCUT2D eigenvalue weighted by Gasteiger charge is -2.34. The minimum atomic E-state index is -0.244. The number of ether oxygens (including phenoxy) is 2. The summed E-state index contributed by atoms with van der Waals surface area (Å²) < 4.78 is 12.3. The Morgan fingerprint density at radius 1 is 0.643 bits per heavy atom. The fraction of sp³-hybridized carbons (Fsp3) is 0.863. The Hall–Kier alpha value is -1.20. The molecule has 1 N–H and O–H groups in total. The van der Waals surface area contributed by atoms with Crippen LogP contribution in [-0.2, 0) is 26.1 Å². The van der Waals surface area contributed by atoms with Crippen LogP contribution in [0.4, 0.5) is 0 Å². The third-order valence-electron chi connectivity index (χ3n) is 11.7. The molecule has 56 heavy (non-hydrogen) atoms. The summed E-state index contributed by atoms with van der Waals surface area (Å²) in [4.78, 5) is 13.5. The van der Waals surface area contributed by atoms with Crippen LogP contribution in [0.15, 0.2) is 6.07 Å². The molecular weight excluding hydrogens is 709 g/mol. The highest BCUT2D eigenvalue weighted by Gasteiger charge is 2.31. The number of rotatable bonds is 37. The lowest BCUT2D eigenvalue weighted by Crippen LogP contribution is -2.28. The van der Waals surface area contributed by atoms with Gasteiger partial charge in [-0.05, 0) is 66.4 Å². The summed E-state index contributed by atoms with van der Waals surface area (Å²) in [5.74, 6) is 2.04. The van der Waals surface area contributed by atoms with Crippen molar-refractivity contribution in [2.24, 2.45) is 5.41 Å². The second kappa shape index (κ2) is 32.6. The molecular formula is C51H94O4S. The third kappa shape index (κ3) is 26.7. The van der Waals surface area contributed by atoms with Crippen molar-refractivity contribution in [1.82, 2.24) is 0 Å². The molecule has 5 heteroatoms. The van der Waals surface area contributed by atoms with E-state index < -0.39 is 0 Å². The summed E-state index contributed by atoms with van der Waals surface area (Å²) in [7, 11) is 0. The maximum atomic E-state index is 13.5. The molecule has 0 aromatic heterocycles. The number of carbonyl (C=O) groups is 1. The van der Waals surface area contributed by atoms with Crippen LogP contribution in [0.25, 0.3) is 0 Å². The van der Waals surface area contributed by atoms with Gasteiger partial charge >= 0.3 is 5.97 Å². The van der Waals surface area contributed by atoms with Crippen molar-refractivity contribution >= 4 is 17.7 Å². The summed E-state index contributed by atoms with van der Waals surface area (Å²) >= 11 is 1.91. The first-order valence-corrected chi connectivity index (χ1v) is 25.1. The van der Waals surface area contributed by atoms with E-state index in [4.69, 9.17) is 9.47 Å². The molecule has 0 saturated carbocycles. The second-order valence-electron chi connectivity index (χ2n) is 19.2. The van der Waals surface area contributed by atoms with Crippen LogP contribution in [-0.4, -0.2) is 41.9 Å². The number of aromatic hydroxyl groups is 1. The van der Waals surface area contributed by atoms with Crippen molar-refractivity contribution in [2.75, 3.05) is 24.7 Å². The molecule has 1 unspecified atom stereocenters. The SMILES string of the molecule is CCCCCCCCCCCCCCCCCCSCC(COCCCCCCCCCCCC)OC(=O)Cc1cc(C(C)(C)CC(C)(C)C)c(O)c(C)c1C.